The van der Waals surface area contributed by atoms with Crippen LogP contribution >= 0.6 is 0 Å². The van der Waals surface area contributed by atoms with Crippen molar-refractivity contribution in [3.8, 4) is 11.5 Å². The highest BCUT2D eigenvalue weighted by Crippen LogP contribution is 2.22. The first-order chi connectivity index (χ1) is 8.69. The van der Waals surface area contributed by atoms with Gasteiger partial charge in [-0.05, 0) is 13.0 Å². The number of benzene rings is 1. The molecule has 1 aromatic carbocycles. The second kappa shape index (κ2) is 5.55. The van der Waals surface area contributed by atoms with E-state index in [4.69, 9.17) is 0 Å². The molecule has 0 aliphatic rings. The third-order valence-electron chi connectivity index (χ3n) is 2.72. The summed E-state index contributed by atoms with van der Waals surface area (Å²) < 4.78 is 1.87. The minimum Gasteiger partial charge on any atom is -0.508 e. The molecule has 18 heavy (non-hydrogen) atoms. The number of nitrogens with one attached hydrogen (secondary N) is 1. The fraction of sp³-hybridized carbons (Fsp3) is 0.308. The summed E-state index contributed by atoms with van der Waals surface area (Å²) in [5.41, 5.74) is 1.87. The van der Waals surface area contributed by atoms with Crippen LogP contribution in [-0.4, -0.2) is 20.0 Å². The van der Waals surface area contributed by atoms with Gasteiger partial charge >= 0.3 is 0 Å². The highest BCUT2D eigenvalue weighted by atomic mass is 16.3. The average Bonchev–Trinajstić information content (AvgIpc) is 2.80. The number of aromatic hydroxyl groups is 2. The van der Waals surface area contributed by atoms with Gasteiger partial charge in [0.1, 0.15) is 11.5 Å². The molecule has 5 nitrogen and oxygen atoms in total. The Kier molecular flexibility index (Phi) is 3.84. The molecule has 0 saturated carbocycles. The molecule has 5 heteroatoms. The maximum Gasteiger partial charge on any atom is 0.123 e. The van der Waals surface area contributed by atoms with E-state index in [1.165, 1.54) is 6.07 Å². The SMILES string of the molecule is CCn1cc(CNCc2ccc(O)cc2O)cn1. The van der Waals surface area contributed by atoms with E-state index in [-0.39, 0.29) is 11.5 Å². The van der Waals surface area contributed by atoms with Crippen molar-refractivity contribution in [1.29, 1.82) is 0 Å². The van der Waals surface area contributed by atoms with Crippen LogP contribution in [0.3, 0.4) is 0 Å². The molecule has 0 atom stereocenters. The summed E-state index contributed by atoms with van der Waals surface area (Å²) in [6, 6.07) is 4.60. The van der Waals surface area contributed by atoms with Gasteiger partial charge in [0.05, 0.1) is 6.20 Å². The van der Waals surface area contributed by atoms with E-state index in [1.807, 2.05) is 24.0 Å². The van der Waals surface area contributed by atoms with Gasteiger partial charge in [-0.3, -0.25) is 4.68 Å². The number of hydrogen-bond donors (Lipinski definition) is 3. The highest BCUT2D eigenvalue weighted by Gasteiger charge is 2.02. The molecule has 0 saturated heterocycles. The van der Waals surface area contributed by atoms with Gasteiger partial charge in [-0.15, -0.1) is 0 Å². The van der Waals surface area contributed by atoms with E-state index in [2.05, 4.69) is 10.4 Å². The van der Waals surface area contributed by atoms with Gasteiger partial charge in [0.2, 0.25) is 0 Å². The van der Waals surface area contributed by atoms with Crippen LogP contribution in [0.5, 0.6) is 11.5 Å². The topological polar surface area (TPSA) is 70.3 Å². The van der Waals surface area contributed by atoms with Crippen LogP contribution in [0.4, 0.5) is 0 Å². The number of rotatable bonds is 5. The third kappa shape index (κ3) is 3.01. The van der Waals surface area contributed by atoms with Crippen molar-refractivity contribution in [3.05, 3.63) is 41.7 Å². The lowest BCUT2D eigenvalue weighted by Crippen LogP contribution is -2.12. The molecule has 1 aromatic heterocycles. The first-order valence-electron chi connectivity index (χ1n) is 5.92. The summed E-state index contributed by atoms with van der Waals surface area (Å²) >= 11 is 0. The van der Waals surface area contributed by atoms with E-state index in [1.54, 1.807) is 12.1 Å². The first kappa shape index (κ1) is 12.4. The van der Waals surface area contributed by atoms with Crippen molar-refractivity contribution in [2.45, 2.75) is 26.6 Å². The normalized spacial score (nSPS) is 10.7. The number of hydrogen-bond acceptors (Lipinski definition) is 4. The zero-order valence-electron chi connectivity index (χ0n) is 10.3. The molecular formula is C13H17N3O2. The van der Waals surface area contributed by atoms with Gasteiger partial charge in [0.15, 0.2) is 0 Å². The Bertz CT molecular complexity index is 523. The Hall–Kier alpha value is -2.01. The van der Waals surface area contributed by atoms with Crippen LogP contribution < -0.4 is 5.32 Å². The molecule has 0 aliphatic heterocycles. The van der Waals surface area contributed by atoms with E-state index >= 15 is 0 Å². The van der Waals surface area contributed by atoms with Crippen LogP contribution in [-0.2, 0) is 19.6 Å². The average molecular weight is 247 g/mol. The van der Waals surface area contributed by atoms with Gasteiger partial charge in [-0.25, -0.2) is 0 Å². The summed E-state index contributed by atoms with van der Waals surface area (Å²) in [6.07, 6.45) is 3.82. The maximum absolute atomic E-state index is 9.61. The second-order valence-electron chi connectivity index (χ2n) is 4.12. The molecule has 0 fully saturated rings. The van der Waals surface area contributed by atoms with Crippen molar-refractivity contribution in [2.75, 3.05) is 0 Å². The second-order valence-corrected chi connectivity index (χ2v) is 4.12. The minimum atomic E-state index is 0.0699. The van der Waals surface area contributed by atoms with Crippen LogP contribution in [0.2, 0.25) is 0 Å². The number of aromatic nitrogens is 2. The minimum absolute atomic E-state index is 0.0699. The van der Waals surface area contributed by atoms with E-state index in [9.17, 15) is 10.2 Å². The highest BCUT2D eigenvalue weighted by molar-refractivity contribution is 5.38. The van der Waals surface area contributed by atoms with Crippen LogP contribution in [0, 0.1) is 0 Å². The van der Waals surface area contributed by atoms with Crippen molar-refractivity contribution in [1.82, 2.24) is 15.1 Å². The predicted molar refractivity (Wildman–Crippen MR) is 68.2 cm³/mol. The number of phenolic OH excluding ortho intramolecular Hbond substituents is 2. The lowest BCUT2D eigenvalue weighted by Gasteiger charge is -2.06. The van der Waals surface area contributed by atoms with E-state index in [0.717, 1.165) is 17.7 Å². The Balaban J connectivity index is 1.88. The largest absolute Gasteiger partial charge is 0.508 e. The molecule has 0 unspecified atom stereocenters. The molecule has 0 radical (unpaired) electrons. The molecule has 3 N–H and O–H groups in total. The molecule has 1 heterocycles. The summed E-state index contributed by atoms with van der Waals surface area (Å²) in [6.45, 7) is 4.14. The molecule has 96 valence electrons. The molecule has 0 spiro atoms. The van der Waals surface area contributed by atoms with Gasteiger partial charge in [0, 0.05) is 43.0 Å². The van der Waals surface area contributed by atoms with Crippen molar-refractivity contribution < 1.29 is 10.2 Å². The molecule has 2 aromatic rings. The van der Waals surface area contributed by atoms with Gasteiger partial charge in [0.25, 0.3) is 0 Å². The summed E-state index contributed by atoms with van der Waals surface area (Å²) in [4.78, 5) is 0. The molecule has 2 rings (SSSR count). The van der Waals surface area contributed by atoms with Gasteiger partial charge in [-0.1, -0.05) is 6.07 Å². The predicted octanol–water partition coefficient (Wildman–Crippen LogP) is 1.60. The Morgan fingerprint density at radius 1 is 1.28 bits per heavy atom. The fourth-order valence-corrected chi connectivity index (χ4v) is 1.71. The van der Waals surface area contributed by atoms with E-state index < -0.39 is 0 Å². The standard InChI is InChI=1S/C13H17N3O2/c1-2-16-9-10(7-15-16)6-14-8-11-3-4-12(17)5-13(11)18/h3-5,7,9,14,17-18H,2,6,8H2,1H3. The molecule has 0 bridgehead atoms. The van der Waals surface area contributed by atoms with E-state index in [0.29, 0.717) is 13.1 Å². The Morgan fingerprint density at radius 2 is 2.11 bits per heavy atom. The summed E-state index contributed by atoms with van der Waals surface area (Å²) in [5, 5.41) is 26.2. The number of phenols is 2. The van der Waals surface area contributed by atoms with Gasteiger partial charge < -0.3 is 15.5 Å². The quantitative estimate of drug-likeness (QED) is 0.750. The molecule has 0 aliphatic carbocycles. The lowest BCUT2D eigenvalue weighted by atomic mass is 10.2. The van der Waals surface area contributed by atoms with Gasteiger partial charge in [-0.2, -0.15) is 5.10 Å². The van der Waals surface area contributed by atoms with Crippen molar-refractivity contribution >= 4 is 0 Å². The molecular weight excluding hydrogens is 230 g/mol. The zero-order valence-corrected chi connectivity index (χ0v) is 10.3. The van der Waals surface area contributed by atoms with Crippen molar-refractivity contribution in [2.24, 2.45) is 0 Å². The van der Waals surface area contributed by atoms with Crippen LogP contribution in [0.1, 0.15) is 18.1 Å². The maximum atomic E-state index is 9.61. The number of aryl methyl sites for hydroxylation is 1. The zero-order chi connectivity index (χ0) is 13.0. The van der Waals surface area contributed by atoms with Crippen LogP contribution in [0.15, 0.2) is 30.6 Å². The Labute approximate surface area is 106 Å². The fourth-order valence-electron chi connectivity index (χ4n) is 1.71. The summed E-state index contributed by atoms with van der Waals surface area (Å²) in [7, 11) is 0. The smallest absolute Gasteiger partial charge is 0.123 e. The first-order valence-corrected chi connectivity index (χ1v) is 5.92. The third-order valence-corrected chi connectivity index (χ3v) is 2.72. The monoisotopic (exact) mass is 247 g/mol. The van der Waals surface area contributed by atoms with Crippen molar-refractivity contribution in [3.63, 3.8) is 0 Å². The molecule has 0 amide bonds. The number of nitrogens with zero attached hydrogens (tertiary/aromatic N) is 2. The Morgan fingerprint density at radius 3 is 2.78 bits per heavy atom. The lowest BCUT2D eigenvalue weighted by molar-refractivity contribution is 0.443. The summed E-state index contributed by atoms with van der Waals surface area (Å²) in [5.74, 6) is 0.173. The van der Waals surface area contributed by atoms with Crippen LogP contribution in [0.25, 0.3) is 0 Å².